The molecule has 1 atom stereocenters. The Kier molecular flexibility index (Phi) is 6.30. The summed E-state index contributed by atoms with van der Waals surface area (Å²) in [5, 5.41) is 14.1. The van der Waals surface area contributed by atoms with Crippen molar-refractivity contribution in [3.8, 4) is 0 Å². The molecular formula is C23H22N4OS2. The zero-order valence-corrected chi connectivity index (χ0v) is 18.4. The first-order valence-electron chi connectivity index (χ1n) is 9.60. The highest BCUT2D eigenvalue weighted by atomic mass is 32.2. The molecule has 0 aliphatic heterocycles. The van der Waals surface area contributed by atoms with E-state index in [0.29, 0.717) is 0 Å². The summed E-state index contributed by atoms with van der Waals surface area (Å²) in [5.74, 6) is 0.795. The van der Waals surface area contributed by atoms with Crippen LogP contribution in [0.1, 0.15) is 27.1 Å². The Hall–Kier alpha value is -2.90. The van der Waals surface area contributed by atoms with Crippen LogP contribution in [0.3, 0.4) is 0 Å². The summed E-state index contributed by atoms with van der Waals surface area (Å²) < 4.78 is 1.97. The fraction of sp³-hybridized carbons (Fsp3) is 0.174. The van der Waals surface area contributed by atoms with E-state index in [1.54, 1.807) is 11.3 Å². The van der Waals surface area contributed by atoms with Crippen molar-refractivity contribution in [2.75, 3.05) is 5.32 Å². The maximum atomic E-state index is 13.2. The van der Waals surface area contributed by atoms with Gasteiger partial charge in [-0.05, 0) is 36.1 Å². The third kappa shape index (κ3) is 4.80. The quantitative estimate of drug-likeness (QED) is 0.404. The molecule has 0 unspecified atom stereocenters. The lowest BCUT2D eigenvalue weighted by atomic mass is 10.1. The number of carbonyl (C=O) groups excluding carboxylic acids is 1. The van der Waals surface area contributed by atoms with Gasteiger partial charge in [0.15, 0.2) is 5.16 Å². The SMILES string of the molecule is Cc1ccc(NC(=O)[C@H](Sc2nnc(Cc3cccs3)n2C)c2ccccc2)cc1. The highest BCUT2D eigenvalue weighted by molar-refractivity contribution is 8.00. The molecule has 2 aromatic carbocycles. The predicted molar refractivity (Wildman–Crippen MR) is 123 cm³/mol. The summed E-state index contributed by atoms with van der Waals surface area (Å²) in [5.41, 5.74) is 2.86. The minimum atomic E-state index is -0.440. The van der Waals surface area contributed by atoms with E-state index in [2.05, 4.69) is 27.0 Å². The highest BCUT2D eigenvalue weighted by Gasteiger charge is 2.25. The number of aromatic nitrogens is 3. The second kappa shape index (κ2) is 9.28. The van der Waals surface area contributed by atoms with Gasteiger partial charge < -0.3 is 9.88 Å². The Morgan fingerprint density at radius 2 is 1.83 bits per heavy atom. The van der Waals surface area contributed by atoms with Gasteiger partial charge >= 0.3 is 0 Å². The van der Waals surface area contributed by atoms with E-state index >= 15 is 0 Å². The van der Waals surface area contributed by atoms with E-state index in [1.807, 2.05) is 79.2 Å². The van der Waals surface area contributed by atoms with E-state index in [-0.39, 0.29) is 5.91 Å². The standard InChI is InChI=1S/C23H22N4OS2/c1-16-10-12-18(13-11-16)24-22(28)21(17-7-4-3-5-8-17)30-23-26-25-20(27(23)2)15-19-9-6-14-29-19/h3-14,21H,15H2,1-2H3,(H,24,28)/t21-/m1/s1. The van der Waals surface area contributed by atoms with Gasteiger partial charge in [0.1, 0.15) is 11.1 Å². The summed E-state index contributed by atoms with van der Waals surface area (Å²) in [6.07, 6.45) is 0.729. The van der Waals surface area contributed by atoms with Crippen molar-refractivity contribution in [2.45, 2.75) is 23.8 Å². The van der Waals surface area contributed by atoms with E-state index in [9.17, 15) is 4.79 Å². The molecule has 2 aromatic heterocycles. The molecule has 1 N–H and O–H groups in total. The predicted octanol–water partition coefficient (Wildman–Crippen LogP) is 5.25. The van der Waals surface area contributed by atoms with Crippen LogP contribution in [0, 0.1) is 6.92 Å². The first-order chi connectivity index (χ1) is 14.6. The number of benzene rings is 2. The zero-order valence-electron chi connectivity index (χ0n) is 16.8. The smallest absolute Gasteiger partial charge is 0.242 e. The van der Waals surface area contributed by atoms with E-state index in [1.165, 1.54) is 16.6 Å². The molecule has 1 amide bonds. The molecule has 30 heavy (non-hydrogen) atoms. The van der Waals surface area contributed by atoms with Gasteiger partial charge in [0.05, 0.1) is 0 Å². The molecule has 0 fully saturated rings. The fourth-order valence-corrected chi connectivity index (χ4v) is 4.74. The number of hydrogen-bond acceptors (Lipinski definition) is 5. The third-order valence-electron chi connectivity index (χ3n) is 4.72. The topological polar surface area (TPSA) is 59.8 Å². The second-order valence-electron chi connectivity index (χ2n) is 6.98. The maximum absolute atomic E-state index is 13.2. The van der Waals surface area contributed by atoms with Crippen LogP contribution >= 0.6 is 23.1 Å². The van der Waals surface area contributed by atoms with Crippen LogP contribution in [0.15, 0.2) is 77.3 Å². The number of hydrogen-bond donors (Lipinski definition) is 1. The van der Waals surface area contributed by atoms with Gasteiger partial charge in [-0.25, -0.2) is 0 Å². The summed E-state index contributed by atoms with van der Waals surface area (Å²) in [7, 11) is 1.95. The molecule has 0 bridgehead atoms. The number of nitrogens with one attached hydrogen (secondary N) is 1. The third-order valence-corrected chi connectivity index (χ3v) is 6.89. The Bertz CT molecular complexity index is 1110. The van der Waals surface area contributed by atoms with Gasteiger partial charge in [-0.3, -0.25) is 4.79 Å². The Balaban J connectivity index is 1.57. The van der Waals surface area contributed by atoms with Crippen LogP contribution in [0.4, 0.5) is 5.69 Å². The van der Waals surface area contributed by atoms with Crippen LogP contribution in [-0.4, -0.2) is 20.7 Å². The largest absolute Gasteiger partial charge is 0.325 e. The molecular weight excluding hydrogens is 412 g/mol. The van der Waals surface area contributed by atoms with Gasteiger partial charge in [-0.15, -0.1) is 21.5 Å². The summed E-state index contributed by atoms with van der Waals surface area (Å²) in [4.78, 5) is 14.4. The molecule has 0 aliphatic carbocycles. The van der Waals surface area contributed by atoms with Crippen LogP contribution < -0.4 is 5.32 Å². The van der Waals surface area contributed by atoms with E-state index < -0.39 is 5.25 Å². The molecule has 152 valence electrons. The average molecular weight is 435 g/mol. The number of nitrogens with zero attached hydrogens (tertiary/aromatic N) is 3. The summed E-state index contributed by atoms with van der Waals surface area (Å²) >= 11 is 3.11. The fourth-order valence-electron chi connectivity index (χ4n) is 3.02. The first-order valence-corrected chi connectivity index (χ1v) is 11.4. The minimum Gasteiger partial charge on any atom is -0.325 e. The lowest BCUT2D eigenvalue weighted by molar-refractivity contribution is -0.115. The van der Waals surface area contributed by atoms with Gasteiger partial charge in [0, 0.05) is 24.0 Å². The number of aryl methyl sites for hydroxylation is 1. The highest BCUT2D eigenvalue weighted by Crippen LogP contribution is 2.35. The molecule has 5 nitrogen and oxygen atoms in total. The second-order valence-corrected chi connectivity index (χ2v) is 9.08. The Labute approximate surface area is 184 Å². The van der Waals surface area contributed by atoms with E-state index in [0.717, 1.165) is 34.2 Å². The molecule has 0 spiro atoms. The van der Waals surface area contributed by atoms with Crippen LogP contribution in [-0.2, 0) is 18.3 Å². The van der Waals surface area contributed by atoms with Crippen molar-refractivity contribution < 1.29 is 4.79 Å². The summed E-state index contributed by atoms with van der Waals surface area (Å²) in [6, 6.07) is 21.7. The number of amides is 1. The Morgan fingerprint density at radius 1 is 1.07 bits per heavy atom. The number of carbonyl (C=O) groups is 1. The zero-order chi connectivity index (χ0) is 20.9. The van der Waals surface area contributed by atoms with Gasteiger partial charge in [-0.1, -0.05) is 65.9 Å². The molecule has 7 heteroatoms. The Morgan fingerprint density at radius 3 is 2.53 bits per heavy atom. The lowest BCUT2D eigenvalue weighted by Crippen LogP contribution is -2.19. The number of rotatable bonds is 7. The first kappa shape index (κ1) is 20.4. The summed E-state index contributed by atoms with van der Waals surface area (Å²) in [6.45, 7) is 2.02. The van der Waals surface area contributed by atoms with Gasteiger partial charge in [0.2, 0.25) is 5.91 Å². The van der Waals surface area contributed by atoms with Gasteiger partial charge in [0.25, 0.3) is 0 Å². The minimum absolute atomic E-state index is 0.0853. The monoisotopic (exact) mass is 434 g/mol. The van der Waals surface area contributed by atoms with Crippen LogP contribution in [0.2, 0.25) is 0 Å². The van der Waals surface area contributed by atoms with Crippen molar-refractivity contribution in [2.24, 2.45) is 7.05 Å². The van der Waals surface area contributed by atoms with Gasteiger partial charge in [-0.2, -0.15) is 0 Å². The molecule has 0 radical (unpaired) electrons. The van der Waals surface area contributed by atoms with Crippen molar-refractivity contribution >= 4 is 34.7 Å². The number of thiophene rings is 1. The number of anilines is 1. The van der Waals surface area contributed by atoms with Crippen molar-refractivity contribution in [1.29, 1.82) is 0 Å². The molecule has 0 saturated carbocycles. The van der Waals surface area contributed by atoms with Crippen molar-refractivity contribution in [3.63, 3.8) is 0 Å². The van der Waals surface area contributed by atoms with Crippen LogP contribution in [0.5, 0.6) is 0 Å². The van der Waals surface area contributed by atoms with Crippen LogP contribution in [0.25, 0.3) is 0 Å². The average Bonchev–Trinajstić information content (AvgIpc) is 3.39. The van der Waals surface area contributed by atoms with Crippen molar-refractivity contribution in [1.82, 2.24) is 14.8 Å². The number of thioether (sulfide) groups is 1. The molecule has 0 aliphatic rings. The maximum Gasteiger partial charge on any atom is 0.242 e. The molecule has 4 aromatic rings. The molecule has 0 saturated heterocycles. The van der Waals surface area contributed by atoms with Crippen molar-refractivity contribution in [3.05, 3.63) is 93.9 Å². The van der Waals surface area contributed by atoms with E-state index in [4.69, 9.17) is 0 Å². The normalized spacial score (nSPS) is 11.9. The molecule has 2 heterocycles. The lowest BCUT2D eigenvalue weighted by Gasteiger charge is -2.16. The molecule has 4 rings (SSSR count).